The van der Waals surface area contributed by atoms with Gasteiger partial charge in [-0.25, -0.2) is 12.8 Å². The Balaban J connectivity index is 1.86. The number of nitrogens with zero attached hydrogens (tertiary/aromatic N) is 3. The van der Waals surface area contributed by atoms with Crippen LogP contribution in [0.4, 0.5) is 10.1 Å². The van der Waals surface area contributed by atoms with Gasteiger partial charge in [-0.1, -0.05) is 11.6 Å². The highest BCUT2D eigenvalue weighted by molar-refractivity contribution is 7.92. The van der Waals surface area contributed by atoms with Crippen LogP contribution < -0.4 is 4.31 Å². The predicted molar refractivity (Wildman–Crippen MR) is 112 cm³/mol. The van der Waals surface area contributed by atoms with E-state index in [2.05, 4.69) is 0 Å². The molecule has 3 rings (SSSR count). The number of carbonyl (C=O) groups is 2. The summed E-state index contributed by atoms with van der Waals surface area (Å²) < 4.78 is 40.2. The summed E-state index contributed by atoms with van der Waals surface area (Å²) in [7, 11) is -2.65. The molecule has 0 radical (unpaired) electrons. The highest BCUT2D eigenvalue weighted by Gasteiger charge is 2.27. The van der Waals surface area contributed by atoms with Crippen molar-refractivity contribution in [3.8, 4) is 0 Å². The van der Waals surface area contributed by atoms with Crippen LogP contribution in [0.15, 0.2) is 47.4 Å². The second-order valence-electron chi connectivity index (χ2n) is 6.89. The molecule has 30 heavy (non-hydrogen) atoms. The Kier molecular flexibility index (Phi) is 6.33. The maximum Gasteiger partial charge on any atom is 0.264 e. The summed E-state index contributed by atoms with van der Waals surface area (Å²) in [5.74, 6) is -0.935. The summed E-state index contributed by atoms with van der Waals surface area (Å²) in [6.07, 6.45) is 0. The van der Waals surface area contributed by atoms with Gasteiger partial charge in [0.15, 0.2) is 0 Å². The third-order valence-electron chi connectivity index (χ3n) is 5.03. The third kappa shape index (κ3) is 4.41. The Hall–Kier alpha value is -2.65. The minimum Gasteiger partial charge on any atom is -0.339 e. The van der Waals surface area contributed by atoms with Crippen LogP contribution in [0.5, 0.6) is 0 Å². The molecule has 1 aliphatic heterocycles. The summed E-state index contributed by atoms with van der Waals surface area (Å²) in [5, 5.41) is 0.136. The number of sulfonamides is 1. The van der Waals surface area contributed by atoms with Gasteiger partial charge in [-0.15, -0.1) is 0 Å². The lowest BCUT2D eigenvalue weighted by Crippen LogP contribution is -2.50. The van der Waals surface area contributed by atoms with E-state index in [1.807, 2.05) is 0 Å². The van der Waals surface area contributed by atoms with E-state index in [1.54, 1.807) is 9.80 Å². The molecule has 0 saturated carbocycles. The van der Waals surface area contributed by atoms with Crippen molar-refractivity contribution in [2.24, 2.45) is 0 Å². The van der Waals surface area contributed by atoms with Crippen LogP contribution in [0, 0.1) is 5.82 Å². The van der Waals surface area contributed by atoms with Crippen molar-refractivity contribution in [2.75, 3.05) is 37.5 Å². The highest BCUT2D eigenvalue weighted by Crippen LogP contribution is 2.27. The predicted octanol–water partition coefficient (Wildman–Crippen LogP) is 2.61. The van der Waals surface area contributed by atoms with E-state index >= 15 is 0 Å². The van der Waals surface area contributed by atoms with E-state index in [0.29, 0.717) is 26.2 Å². The van der Waals surface area contributed by atoms with Gasteiger partial charge in [0.05, 0.1) is 21.2 Å². The van der Waals surface area contributed by atoms with Gasteiger partial charge in [-0.2, -0.15) is 0 Å². The first-order valence-corrected chi connectivity index (χ1v) is 11.0. The first-order chi connectivity index (χ1) is 14.1. The zero-order valence-electron chi connectivity index (χ0n) is 16.5. The fourth-order valence-corrected chi connectivity index (χ4v) is 4.59. The fraction of sp³-hybridized carbons (Fsp3) is 0.300. The van der Waals surface area contributed by atoms with Gasteiger partial charge in [0.2, 0.25) is 5.91 Å². The van der Waals surface area contributed by atoms with E-state index in [-0.39, 0.29) is 27.1 Å². The number of hydrogen-bond acceptors (Lipinski definition) is 4. The smallest absolute Gasteiger partial charge is 0.264 e. The largest absolute Gasteiger partial charge is 0.339 e. The fourth-order valence-electron chi connectivity index (χ4n) is 3.17. The van der Waals surface area contributed by atoms with Gasteiger partial charge >= 0.3 is 0 Å². The molecule has 2 amide bonds. The van der Waals surface area contributed by atoms with Crippen LogP contribution in [0.3, 0.4) is 0 Å². The molecule has 2 aromatic rings. The Morgan fingerprint density at radius 1 is 1.00 bits per heavy atom. The molecule has 0 aliphatic carbocycles. The van der Waals surface area contributed by atoms with Crippen LogP contribution in [-0.4, -0.2) is 63.3 Å². The van der Waals surface area contributed by atoms with Crippen LogP contribution in [0.2, 0.25) is 5.02 Å². The van der Waals surface area contributed by atoms with Gasteiger partial charge in [0.25, 0.3) is 15.9 Å². The first kappa shape index (κ1) is 22.0. The average Bonchev–Trinajstić information content (AvgIpc) is 2.73. The van der Waals surface area contributed by atoms with Crippen LogP contribution >= 0.6 is 11.6 Å². The van der Waals surface area contributed by atoms with Crippen LogP contribution in [-0.2, 0) is 14.8 Å². The number of piperazine rings is 1. The molecule has 0 aromatic heterocycles. The van der Waals surface area contributed by atoms with Crippen LogP contribution in [0.25, 0.3) is 0 Å². The number of carbonyl (C=O) groups excluding carboxylic acids is 2. The van der Waals surface area contributed by atoms with Crippen molar-refractivity contribution >= 4 is 39.1 Å². The number of anilines is 1. The maximum absolute atomic E-state index is 13.2. The van der Waals surface area contributed by atoms with Crippen molar-refractivity contribution in [3.05, 3.63) is 58.9 Å². The lowest BCUT2D eigenvalue weighted by molar-refractivity contribution is -0.130. The van der Waals surface area contributed by atoms with E-state index in [4.69, 9.17) is 11.6 Å². The molecular weight excluding hydrogens is 433 g/mol. The SMILES string of the molecule is CC(=O)N1CCN(C(=O)c2cc(S(=O)(=O)N(C)c3ccc(F)cc3)ccc2Cl)CC1. The zero-order valence-corrected chi connectivity index (χ0v) is 18.1. The summed E-state index contributed by atoms with van der Waals surface area (Å²) in [6, 6.07) is 8.97. The van der Waals surface area contributed by atoms with Gasteiger partial charge < -0.3 is 9.80 Å². The molecule has 0 bridgehead atoms. The molecule has 0 atom stereocenters. The first-order valence-electron chi connectivity index (χ1n) is 9.20. The number of rotatable bonds is 4. The Bertz CT molecular complexity index is 1070. The lowest BCUT2D eigenvalue weighted by Gasteiger charge is -2.34. The molecular formula is C20H21ClFN3O4S. The van der Waals surface area contributed by atoms with Gasteiger partial charge in [-0.3, -0.25) is 13.9 Å². The molecule has 1 heterocycles. The molecule has 1 fully saturated rings. The molecule has 1 aliphatic rings. The Morgan fingerprint density at radius 2 is 1.57 bits per heavy atom. The Morgan fingerprint density at radius 3 is 2.13 bits per heavy atom. The highest BCUT2D eigenvalue weighted by atomic mass is 35.5. The number of benzene rings is 2. The molecule has 0 unspecified atom stereocenters. The maximum atomic E-state index is 13.2. The summed E-state index contributed by atoms with van der Waals surface area (Å²) in [6.45, 7) is 2.96. The number of halogens is 2. The third-order valence-corrected chi connectivity index (χ3v) is 7.14. The van der Waals surface area contributed by atoms with E-state index < -0.39 is 21.7 Å². The van der Waals surface area contributed by atoms with Crippen molar-refractivity contribution in [2.45, 2.75) is 11.8 Å². The molecule has 1 saturated heterocycles. The van der Waals surface area contributed by atoms with Crippen molar-refractivity contribution in [3.63, 3.8) is 0 Å². The normalized spacial score (nSPS) is 14.5. The topological polar surface area (TPSA) is 78.0 Å². The monoisotopic (exact) mass is 453 g/mol. The standard InChI is InChI=1S/C20H21ClFN3O4S/c1-14(26)24-9-11-25(12-10-24)20(27)18-13-17(7-8-19(18)21)30(28,29)23(2)16-5-3-15(22)4-6-16/h3-8,13H,9-12H2,1-2H3. The number of amides is 2. The van der Waals surface area contributed by atoms with E-state index in [0.717, 1.165) is 4.31 Å². The van der Waals surface area contributed by atoms with Crippen molar-refractivity contribution in [1.29, 1.82) is 0 Å². The molecule has 160 valence electrons. The molecule has 7 nitrogen and oxygen atoms in total. The minimum atomic E-state index is -4.00. The number of hydrogen-bond donors (Lipinski definition) is 0. The molecule has 0 spiro atoms. The zero-order chi connectivity index (χ0) is 22.1. The summed E-state index contributed by atoms with van der Waals surface area (Å²) in [5.41, 5.74) is 0.348. The van der Waals surface area contributed by atoms with E-state index in [9.17, 15) is 22.4 Å². The summed E-state index contributed by atoms with van der Waals surface area (Å²) in [4.78, 5) is 27.5. The summed E-state index contributed by atoms with van der Waals surface area (Å²) >= 11 is 6.19. The molecule has 0 N–H and O–H groups in total. The van der Waals surface area contributed by atoms with Gasteiger partial charge in [0.1, 0.15) is 5.82 Å². The minimum absolute atomic E-state index is 0.0583. The van der Waals surface area contributed by atoms with Crippen molar-refractivity contribution < 1.29 is 22.4 Å². The molecule has 10 heteroatoms. The van der Waals surface area contributed by atoms with E-state index in [1.165, 1.54) is 56.4 Å². The Labute approximate surface area is 179 Å². The van der Waals surface area contributed by atoms with Gasteiger partial charge in [-0.05, 0) is 42.5 Å². The second kappa shape index (κ2) is 8.61. The quantitative estimate of drug-likeness (QED) is 0.713. The van der Waals surface area contributed by atoms with Crippen molar-refractivity contribution in [1.82, 2.24) is 9.80 Å². The molecule has 2 aromatic carbocycles. The average molecular weight is 454 g/mol. The lowest BCUT2D eigenvalue weighted by atomic mass is 10.1. The second-order valence-corrected chi connectivity index (χ2v) is 9.27. The van der Waals surface area contributed by atoms with Gasteiger partial charge in [0, 0.05) is 40.2 Å². The van der Waals surface area contributed by atoms with Crippen LogP contribution in [0.1, 0.15) is 17.3 Å².